The minimum atomic E-state index is -3.55. The zero-order valence-corrected chi connectivity index (χ0v) is 18.8. The van der Waals surface area contributed by atoms with Crippen molar-refractivity contribution in [1.82, 2.24) is 4.72 Å². The fourth-order valence-corrected chi connectivity index (χ4v) is 4.91. The SMILES string of the molecule is CC(C)S(=O)(=O)NC1COC(=O)OC1c1ccc(-c2ccc(-c3ccsc3)cc2)cc1. The molecule has 1 aliphatic heterocycles. The van der Waals surface area contributed by atoms with Crippen LogP contribution >= 0.6 is 11.3 Å². The van der Waals surface area contributed by atoms with Crippen molar-refractivity contribution in [2.24, 2.45) is 0 Å². The highest BCUT2D eigenvalue weighted by molar-refractivity contribution is 7.90. The van der Waals surface area contributed by atoms with Gasteiger partial charge in [0.25, 0.3) is 0 Å². The first-order valence-corrected chi connectivity index (χ1v) is 12.4. The predicted molar refractivity (Wildman–Crippen MR) is 121 cm³/mol. The maximum absolute atomic E-state index is 12.3. The van der Waals surface area contributed by atoms with Gasteiger partial charge in [-0.05, 0) is 58.5 Å². The van der Waals surface area contributed by atoms with Crippen LogP contribution in [0.5, 0.6) is 0 Å². The second-order valence-corrected chi connectivity index (χ2v) is 10.7. The van der Waals surface area contributed by atoms with Crippen molar-refractivity contribution >= 4 is 27.5 Å². The summed E-state index contributed by atoms with van der Waals surface area (Å²) in [4.78, 5) is 11.7. The Bertz CT molecular complexity index is 1140. The van der Waals surface area contributed by atoms with E-state index in [1.807, 2.05) is 24.3 Å². The van der Waals surface area contributed by atoms with E-state index in [4.69, 9.17) is 9.47 Å². The van der Waals surface area contributed by atoms with Gasteiger partial charge in [-0.25, -0.2) is 17.9 Å². The minimum Gasteiger partial charge on any atom is -0.432 e. The van der Waals surface area contributed by atoms with Gasteiger partial charge in [-0.3, -0.25) is 0 Å². The quantitative estimate of drug-likeness (QED) is 0.528. The van der Waals surface area contributed by atoms with Crippen molar-refractivity contribution in [1.29, 1.82) is 0 Å². The lowest BCUT2D eigenvalue weighted by Gasteiger charge is -2.32. The van der Waals surface area contributed by atoms with Crippen LogP contribution in [0.2, 0.25) is 0 Å². The first-order valence-electron chi connectivity index (χ1n) is 9.91. The molecule has 0 amide bonds. The Hall–Kier alpha value is -2.68. The normalized spacial score (nSPS) is 19.1. The Labute approximate surface area is 185 Å². The summed E-state index contributed by atoms with van der Waals surface area (Å²) in [7, 11) is -3.55. The van der Waals surface area contributed by atoms with E-state index in [-0.39, 0.29) is 6.61 Å². The Balaban J connectivity index is 1.54. The zero-order valence-electron chi connectivity index (χ0n) is 17.1. The van der Waals surface area contributed by atoms with Crippen molar-refractivity contribution in [3.8, 4) is 22.3 Å². The summed E-state index contributed by atoms with van der Waals surface area (Å²) in [5.74, 6) is 0. The molecule has 4 rings (SSSR count). The van der Waals surface area contributed by atoms with Gasteiger partial charge in [0.15, 0.2) is 6.10 Å². The molecule has 31 heavy (non-hydrogen) atoms. The molecule has 2 heterocycles. The van der Waals surface area contributed by atoms with Crippen LogP contribution in [0.3, 0.4) is 0 Å². The van der Waals surface area contributed by atoms with Crippen molar-refractivity contribution in [3.05, 3.63) is 70.9 Å². The monoisotopic (exact) mass is 457 g/mol. The number of nitrogens with one attached hydrogen (secondary N) is 1. The molecule has 0 aliphatic carbocycles. The number of rotatable bonds is 6. The van der Waals surface area contributed by atoms with E-state index >= 15 is 0 Å². The van der Waals surface area contributed by atoms with Gasteiger partial charge < -0.3 is 9.47 Å². The van der Waals surface area contributed by atoms with E-state index in [1.54, 1.807) is 25.2 Å². The number of thiophene rings is 1. The van der Waals surface area contributed by atoms with E-state index in [0.29, 0.717) is 5.56 Å². The van der Waals surface area contributed by atoms with Crippen LogP contribution in [0.25, 0.3) is 22.3 Å². The van der Waals surface area contributed by atoms with E-state index in [2.05, 4.69) is 45.8 Å². The fourth-order valence-electron chi connectivity index (χ4n) is 3.36. The number of cyclic esters (lactones) is 2. The lowest BCUT2D eigenvalue weighted by molar-refractivity contribution is -0.0398. The molecule has 1 fully saturated rings. The Morgan fingerprint density at radius 1 is 0.935 bits per heavy atom. The molecule has 6 nitrogen and oxygen atoms in total. The standard InChI is InChI=1S/C23H23NO5S2/c1-15(2)31(26,27)24-21-13-28-23(25)29-22(21)19-9-7-17(8-10-19)16-3-5-18(6-4-16)20-11-12-30-14-20/h3-12,14-15,21-22,24H,13H2,1-2H3. The molecular weight excluding hydrogens is 434 g/mol. The van der Waals surface area contributed by atoms with Gasteiger partial charge in [-0.2, -0.15) is 11.3 Å². The maximum Gasteiger partial charge on any atom is 0.509 e. The van der Waals surface area contributed by atoms with E-state index < -0.39 is 33.6 Å². The first kappa shape index (κ1) is 21.5. The summed E-state index contributed by atoms with van der Waals surface area (Å²) < 4.78 is 37.4. The Kier molecular flexibility index (Phi) is 6.13. The smallest absolute Gasteiger partial charge is 0.432 e. The van der Waals surface area contributed by atoms with Crippen LogP contribution in [0.15, 0.2) is 65.4 Å². The summed E-state index contributed by atoms with van der Waals surface area (Å²) in [6, 6.07) is 17.3. The molecule has 1 aromatic heterocycles. The van der Waals surface area contributed by atoms with E-state index in [9.17, 15) is 13.2 Å². The molecule has 2 unspecified atom stereocenters. The minimum absolute atomic E-state index is 0.0821. The van der Waals surface area contributed by atoms with Gasteiger partial charge in [-0.15, -0.1) is 0 Å². The molecule has 1 aliphatic rings. The van der Waals surface area contributed by atoms with Gasteiger partial charge in [0.1, 0.15) is 6.61 Å². The van der Waals surface area contributed by atoms with Crippen LogP contribution in [0, 0.1) is 0 Å². The molecule has 2 aromatic carbocycles. The van der Waals surface area contributed by atoms with Crippen molar-refractivity contribution in [3.63, 3.8) is 0 Å². The number of carbonyl (C=O) groups excluding carboxylic acids is 1. The summed E-state index contributed by atoms with van der Waals surface area (Å²) in [5, 5.41) is 3.56. The maximum atomic E-state index is 12.3. The van der Waals surface area contributed by atoms with Crippen LogP contribution in [0.4, 0.5) is 4.79 Å². The van der Waals surface area contributed by atoms with E-state index in [1.165, 1.54) is 5.56 Å². The van der Waals surface area contributed by atoms with Crippen molar-refractivity contribution in [2.45, 2.75) is 31.2 Å². The molecule has 0 saturated carbocycles. The third kappa shape index (κ3) is 4.81. The molecule has 1 N–H and O–H groups in total. The topological polar surface area (TPSA) is 81.7 Å². The van der Waals surface area contributed by atoms with Crippen LogP contribution in [-0.2, 0) is 19.5 Å². The van der Waals surface area contributed by atoms with Crippen LogP contribution < -0.4 is 4.72 Å². The summed E-state index contributed by atoms with van der Waals surface area (Å²) in [6.45, 7) is 3.10. The van der Waals surface area contributed by atoms with Crippen LogP contribution in [-0.4, -0.2) is 32.5 Å². The number of hydrogen-bond acceptors (Lipinski definition) is 6. The summed E-state index contributed by atoms with van der Waals surface area (Å²) in [6.07, 6.45) is -1.57. The summed E-state index contributed by atoms with van der Waals surface area (Å²) in [5.41, 5.74) is 5.13. The molecule has 2 atom stereocenters. The fraction of sp³-hybridized carbons (Fsp3) is 0.261. The number of carbonyl (C=O) groups is 1. The zero-order chi connectivity index (χ0) is 22.0. The third-order valence-electron chi connectivity index (χ3n) is 5.22. The largest absolute Gasteiger partial charge is 0.509 e. The first-order chi connectivity index (χ1) is 14.8. The van der Waals surface area contributed by atoms with Gasteiger partial charge >= 0.3 is 6.16 Å². The van der Waals surface area contributed by atoms with Gasteiger partial charge in [0, 0.05) is 0 Å². The number of ether oxygens (including phenoxy) is 2. The molecule has 8 heteroatoms. The summed E-state index contributed by atoms with van der Waals surface area (Å²) >= 11 is 1.67. The number of sulfonamides is 1. The second kappa shape index (κ2) is 8.82. The third-order valence-corrected chi connectivity index (χ3v) is 7.77. The molecule has 162 valence electrons. The number of hydrogen-bond donors (Lipinski definition) is 1. The molecule has 1 saturated heterocycles. The van der Waals surface area contributed by atoms with Gasteiger partial charge in [-0.1, -0.05) is 48.5 Å². The Morgan fingerprint density at radius 2 is 1.52 bits per heavy atom. The molecule has 0 bridgehead atoms. The van der Waals surface area contributed by atoms with Crippen LogP contribution in [0.1, 0.15) is 25.5 Å². The van der Waals surface area contributed by atoms with Gasteiger partial charge in [0.2, 0.25) is 10.0 Å². The lowest BCUT2D eigenvalue weighted by atomic mass is 9.97. The molecular formula is C23H23NO5S2. The van der Waals surface area contributed by atoms with Crippen molar-refractivity contribution in [2.75, 3.05) is 6.61 Å². The van der Waals surface area contributed by atoms with Gasteiger partial charge in [0.05, 0.1) is 11.3 Å². The molecule has 0 spiro atoms. The second-order valence-electron chi connectivity index (χ2n) is 7.63. The highest BCUT2D eigenvalue weighted by atomic mass is 32.2. The molecule has 3 aromatic rings. The highest BCUT2D eigenvalue weighted by Crippen LogP contribution is 2.30. The highest BCUT2D eigenvalue weighted by Gasteiger charge is 2.36. The number of benzene rings is 2. The lowest BCUT2D eigenvalue weighted by Crippen LogP contribution is -2.49. The molecule has 0 radical (unpaired) electrons. The average Bonchev–Trinajstić information content (AvgIpc) is 3.30. The predicted octanol–water partition coefficient (Wildman–Crippen LogP) is 4.99. The Morgan fingerprint density at radius 3 is 2.06 bits per heavy atom. The van der Waals surface area contributed by atoms with E-state index in [0.717, 1.165) is 16.7 Å². The average molecular weight is 458 g/mol. The van der Waals surface area contributed by atoms with Crippen molar-refractivity contribution < 1.29 is 22.7 Å².